The summed E-state index contributed by atoms with van der Waals surface area (Å²) in [6, 6.07) is 3.10. The summed E-state index contributed by atoms with van der Waals surface area (Å²) in [5, 5.41) is 21.9. The lowest BCUT2D eigenvalue weighted by atomic mass is 10.0. The van der Waals surface area contributed by atoms with E-state index in [2.05, 4.69) is 37.4 Å². The van der Waals surface area contributed by atoms with Crippen LogP contribution >= 0.6 is 0 Å². The fourth-order valence-corrected chi connectivity index (χ4v) is 3.80. The molecule has 13 heteroatoms. The first-order valence-corrected chi connectivity index (χ1v) is 9.97. The predicted molar refractivity (Wildman–Crippen MR) is 98.3 cm³/mol. The van der Waals surface area contributed by atoms with Gasteiger partial charge in [0.2, 0.25) is 5.82 Å². The first-order valence-electron chi connectivity index (χ1n) is 8.07. The second-order valence-electron chi connectivity index (χ2n) is 6.05. The fourth-order valence-electron chi connectivity index (χ4n) is 2.64. The van der Waals surface area contributed by atoms with Gasteiger partial charge in [-0.05, 0) is 23.4 Å². The molecule has 0 amide bonds. The van der Waals surface area contributed by atoms with Crippen LogP contribution < -0.4 is 5.73 Å². The number of anilines is 1. The first-order chi connectivity index (χ1) is 14.0. The lowest BCUT2D eigenvalue weighted by Gasteiger charge is -2.15. The Kier molecular flexibility index (Phi) is 5.47. The van der Waals surface area contributed by atoms with Crippen molar-refractivity contribution in [1.29, 1.82) is 0 Å². The number of nitrogens with one attached hydrogen (secondary N) is 1. The van der Waals surface area contributed by atoms with Gasteiger partial charge in [-0.3, -0.25) is 0 Å². The number of hydrogen-bond acceptors (Lipinski definition) is 8. The number of rotatable bonds is 3. The fraction of sp³-hybridized carbons (Fsp3) is 0.176. The molecule has 2 heterocycles. The van der Waals surface area contributed by atoms with Crippen LogP contribution in [0.1, 0.15) is 22.3 Å². The molecule has 9 nitrogen and oxygen atoms in total. The van der Waals surface area contributed by atoms with E-state index in [-0.39, 0.29) is 23.8 Å². The average Bonchev–Trinajstić information content (AvgIpc) is 3.19. The highest BCUT2D eigenvalue weighted by Gasteiger charge is 2.39. The number of aromatic nitrogens is 5. The molecule has 0 radical (unpaired) electrons. The molecule has 0 aliphatic rings. The van der Waals surface area contributed by atoms with Crippen LogP contribution in [0.5, 0.6) is 0 Å². The highest BCUT2D eigenvalue weighted by atomic mass is 32.2. The molecule has 156 valence electrons. The number of aromatic amines is 1. The molecular weight excluding hydrogens is 425 g/mol. The zero-order valence-corrected chi connectivity index (χ0v) is 16.0. The van der Waals surface area contributed by atoms with Crippen LogP contribution in [-0.4, -0.2) is 45.4 Å². The number of aliphatic hydroxyl groups excluding tert-OH is 1. The van der Waals surface area contributed by atoms with Crippen LogP contribution in [0, 0.1) is 11.8 Å². The molecule has 3 rings (SSSR count). The standard InChI is InChI=1S/C17H13F3N6O3S/c1-30(28,29)14-12(17(18,19)20)5-4-10(13(14)16-23-25-26-24-16)3-2-9-6-11(8-27)15(21)22-7-9/h4-7,27H,8H2,1H3,(H2,21,22)(H,23,24,25,26). The van der Waals surface area contributed by atoms with Crippen LogP contribution in [0.2, 0.25) is 0 Å². The number of halogens is 3. The van der Waals surface area contributed by atoms with Crippen molar-refractivity contribution >= 4 is 15.7 Å². The minimum Gasteiger partial charge on any atom is -0.392 e. The third kappa shape index (κ3) is 4.24. The number of pyridine rings is 1. The maximum Gasteiger partial charge on any atom is 0.417 e. The Balaban J connectivity index is 2.30. The topological polar surface area (TPSA) is 148 Å². The Bertz CT molecular complexity index is 1260. The van der Waals surface area contributed by atoms with Gasteiger partial charge in [0.25, 0.3) is 0 Å². The second-order valence-corrected chi connectivity index (χ2v) is 8.00. The Hall–Kier alpha value is -3.50. The van der Waals surface area contributed by atoms with Gasteiger partial charge in [0, 0.05) is 29.1 Å². The van der Waals surface area contributed by atoms with Gasteiger partial charge in [0.1, 0.15) is 5.82 Å². The SMILES string of the molecule is CS(=O)(=O)c1c(C(F)(F)F)ccc(C#Cc2cnc(N)c(CO)c2)c1-c1nn[nH]n1. The van der Waals surface area contributed by atoms with Crippen molar-refractivity contribution in [3.05, 3.63) is 46.6 Å². The number of H-pyrrole nitrogens is 1. The van der Waals surface area contributed by atoms with E-state index in [1.54, 1.807) is 0 Å². The van der Waals surface area contributed by atoms with E-state index in [9.17, 15) is 26.7 Å². The maximum absolute atomic E-state index is 13.5. The third-order valence-corrected chi connectivity index (χ3v) is 5.08. The molecule has 0 aliphatic carbocycles. The number of sulfone groups is 1. The molecule has 0 bridgehead atoms. The Labute approximate surface area is 168 Å². The molecule has 4 N–H and O–H groups in total. The van der Waals surface area contributed by atoms with Gasteiger partial charge in [-0.25, -0.2) is 13.4 Å². The minimum atomic E-state index is -4.94. The number of tetrazole rings is 1. The molecule has 0 fully saturated rings. The predicted octanol–water partition coefficient (Wildman–Crippen LogP) is 1.16. The van der Waals surface area contributed by atoms with Crippen molar-refractivity contribution < 1.29 is 26.7 Å². The number of hydrogen-bond donors (Lipinski definition) is 3. The molecule has 0 atom stereocenters. The average molecular weight is 438 g/mol. The lowest BCUT2D eigenvalue weighted by Crippen LogP contribution is -2.15. The van der Waals surface area contributed by atoms with Crippen molar-refractivity contribution in [3.63, 3.8) is 0 Å². The van der Waals surface area contributed by atoms with Crippen molar-refractivity contribution in [2.75, 3.05) is 12.0 Å². The van der Waals surface area contributed by atoms with Crippen molar-refractivity contribution in [2.45, 2.75) is 17.7 Å². The number of nitrogen functional groups attached to an aromatic ring is 1. The van der Waals surface area contributed by atoms with Crippen LogP contribution in [0.4, 0.5) is 19.0 Å². The molecule has 0 aliphatic heterocycles. The van der Waals surface area contributed by atoms with E-state index < -0.39 is 32.0 Å². The van der Waals surface area contributed by atoms with Gasteiger partial charge < -0.3 is 10.8 Å². The van der Waals surface area contributed by atoms with Crippen molar-refractivity contribution in [3.8, 4) is 23.2 Å². The largest absolute Gasteiger partial charge is 0.417 e. The van der Waals surface area contributed by atoms with E-state index in [0.29, 0.717) is 23.4 Å². The number of aliphatic hydroxyl groups is 1. The lowest BCUT2D eigenvalue weighted by molar-refractivity contribution is -0.139. The molecule has 30 heavy (non-hydrogen) atoms. The molecule has 2 aromatic heterocycles. The summed E-state index contributed by atoms with van der Waals surface area (Å²) < 4.78 is 65.0. The van der Waals surface area contributed by atoms with E-state index in [0.717, 1.165) is 6.07 Å². The Morgan fingerprint density at radius 2 is 2.00 bits per heavy atom. The van der Waals surface area contributed by atoms with E-state index in [1.165, 1.54) is 12.3 Å². The number of nitrogens with zero attached hydrogens (tertiary/aromatic N) is 4. The van der Waals surface area contributed by atoms with Gasteiger partial charge >= 0.3 is 6.18 Å². The first kappa shape index (κ1) is 21.2. The monoisotopic (exact) mass is 438 g/mol. The summed E-state index contributed by atoms with van der Waals surface area (Å²) >= 11 is 0. The second kappa shape index (κ2) is 7.73. The molecular formula is C17H13F3N6O3S. The third-order valence-electron chi connectivity index (χ3n) is 3.92. The summed E-state index contributed by atoms with van der Waals surface area (Å²) in [6.07, 6.45) is -2.99. The van der Waals surface area contributed by atoms with Gasteiger partial charge in [0.05, 0.1) is 22.6 Å². The van der Waals surface area contributed by atoms with E-state index >= 15 is 0 Å². The molecule has 0 saturated heterocycles. The normalized spacial score (nSPS) is 11.8. The summed E-state index contributed by atoms with van der Waals surface area (Å²) in [4.78, 5) is 2.86. The maximum atomic E-state index is 13.5. The smallest absolute Gasteiger partial charge is 0.392 e. The molecule has 0 saturated carbocycles. The molecule has 1 aromatic carbocycles. The van der Waals surface area contributed by atoms with Crippen molar-refractivity contribution in [1.82, 2.24) is 25.6 Å². The zero-order chi connectivity index (χ0) is 22.1. The minimum absolute atomic E-state index is 0.0767. The summed E-state index contributed by atoms with van der Waals surface area (Å²) in [7, 11) is -4.37. The molecule has 0 spiro atoms. The molecule has 3 aromatic rings. The highest BCUT2D eigenvalue weighted by Crippen LogP contribution is 2.40. The zero-order valence-electron chi connectivity index (χ0n) is 15.2. The van der Waals surface area contributed by atoms with Gasteiger partial charge in [0.15, 0.2) is 9.84 Å². The van der Waals surface area contributed by atoms with Crippen LogP contribution in [-0.2, 0) is 22.6 Å². The summed E-state index contributed by atoms with van der Waals surface area (Å²) in [5.74, 6) is 5.01. The number of alkyl halides is 3. The Morgan fingerprint density at radius 3 is 2.57 bits per heavy atom. The highest BCUT2D eigenvalue weighted by molar-refractivity contribution is 7.91. The van der Waals surface area contributed by atoms with Crippen LogP contribution in [0.15, 0.2) is 29.3 Å². The number of nitrogens with two attached hydrogens (primary N) is 1. The Morgan fingerprint density at radius 1 is 1.27 bits per heavy atom. The quantitative estimate of drug-likeness (QED) is 0.516. The van der Waals surface area contributed by atoms with Crippen LogP contribution in [0.25, 0.3) is 11.4 Å². The summed E-state index contributed by atoms with van der Waals surface area (Å²) in [6.45, 7) is -0.388. The van der Waals surface area contributed by atoms with Gasteiger partial charge in [-0.1, -0.05) is 11.8 Å². The van der Waals surface area contributed by atoms with Gasteiger partial charge in [-0.2, -0.15) is 18.4 Å². The van der Waals surface area contributed by atoms with Crippen molar-refractivity contribution in [2.24, 2.45) is 0 Å². The van der Waals surface area contributed by atoms with Gasteiger partial charge in [-0.15, -0.1) is 10.2 Å². The van der Waals surface area contributed by atoms with E-state index in [1.807, 2.05) is 0 Å². The number of benzene rings is 1. The van der Waals surface area contributed by atoms with E-state index in [4.69, 9.17) is 5.73 Å². The van der Waals surface area contributed by atoms with Crippen LogP contribution in [0.3, 0.4) is 0 Å². The molecule has 0 unspecified atom stereocenters. The summed E-state index contributed by atoms with van der Waals surface area (Å²) in [5.41, 5.74) is 4.33.